The normalized spacial score (nSPS) is 14.5. The summed E-state index contributed by atoms with van der Waals surface area (Å²) in [5.74, 6) is 0.105. The number of aromatic nitrogens is 3. The van der Waals surface area contributed by atoms with Crippen molar-refractivity contribution >= 4 is 28.4 Å². The van der Waals surface area contributed by atoms with E-state index in [0.717, 1.165) is 35.1 Å². The van der Waals surface area contributed by atoms with Gasteiger partial charge in [0.15, 0.2) is 0 Å². The zero-order valence-electron chi connectivity index (χ0n) is 23.3. The second-order valence-corrected chi connectivity index (χ2v) is 10.3. The highest BCUT2D eigenvalue weighted by Gasteiger charge is 2.35. The lowest BCUT2D eigenvalue weighted by Gasteiger charge is -2.41. The first-order valence-electron chi connectivity index (χ1n) is 13.8. The van der Waals surface area contributed by atoms with Gasteiger partial charge < -0.3 is 25.4 Å². The maximum absolute atomic E-state index is 12.6. The predicted molar refractivity (Wildman–Crippen MR) is 158 cm³/mol. The lowest BCUT2D eigenvalue weighted by Crippen LogP contribution is -2.54. The van der Waals surface area contributed by atoms with E-state index in [-0.39, 0.29) is 34.8 Å². The van der Waals surface area contributed by atoms with Crippen LogP contribution in [0.5, 0.6) is 0 Å². The van der Waals surface area contributed by atoms with E-state index in [9.17, 15) is 19.6 Å². The van der Waals surface area contributed by atoms with E-state index < -0.39 is 0 Å². The molecule has 6 rings (SSSR count). The number of fused-ring (bicyclic) bond motifs is 1. The largest absolute Gasteiger partial charge is 0.368 e. The molecule has 0 bridgehead atoms. The summed E-state index contributed by atoms with van der Waals surface area (Å²) < 4.78 is 1.50. The molecular weight excluding hydrogens is 532 g/mol. The molecule has 214 valence electrons. The highest BCUT2D eigenvalue weighted by Crippen LogP contribution is 2.33. The molecule has 2 aliphatic heterocycles. The fourth-order valence-corrected chi connectivity index (χ4v) is 4.88. The van der Waals surface area contributed by atoms with Gasteiger partial charge in [0.2, 0.25) is 11.8 Å². The number of pyridine rings is 3. The van der Waals surface area contributed by atoms with Crippen LogP contribution in [0.15, 0.2) is 78.1 Å². The number of amides is 2. The Hall–Kier alpha value is -5.08. The molecule has 11 heteroatoms. The SMILES string of the molecule is Cn1c(=O)c(C#N)c(N2CC(C(=O)NCc3ccncc3)C2)c2ccccc21.O=C(NCc1ccncc1)C1CNC1. The lowest BCUT2D eigenvalue weighted by atomic mass is 9.95. The number of hydrogen-bond acceptors (Lipinski definition) is 8. The Bertz CT molecular complexity index is 1660. The molecule has 3 N–H and O–H groups in total. The monoisotopic (exact) mass is 564 g/mol. The van der Waals surface area contributed by atoms with Gasteiger partial charge in [-0.2, -0.15) is 5.26 Å². The molecular formula is C31H32N8O3. The van der Waals surface area contributed by atoms with Gasteiger partial charge >= 0.3 is 0 Å². The number of nitrogens with zero attached hydrogens (tertiary/aromatic N) is 5. The minimum absolute atomic E-state index is 0.0280. The minimum Gasteiger partial charge on any atom is -0.368 e. The summed E-state index contributed by atoms with van der Waals surface area (Å²) in [6, 6.07) is 17.1. The predicted octanol–water partition coefficient (Wildman–Crippen LogP) is 1.47. The van der Waals surface area contributed by atoms with E-state index in [4.69, 9.17) is 0 Å². The molecule has 2 saturated heterocycles. The van der Waals surface area contributed by atoms with E-state index >= 15 is 0 Å². The molecule has 5 heterocycles. The van der Waals surface area contributed by atoms with E-state index in [0.29, 0.717) is 31.9 Å². The first-order chi connectivity index (χ1) is 20.5. The summed E-state index contributed by atoms with van der Waals surface area (Å²) in [5.41, 5.74) is 3.27. The van der Waals surface area contributed by atoms with E-state index in [1.807, 2.05) is 53.4 Å². The van der Waals surface area contributed by atoms with Crippen LogP contribution >= 0.6 is 0 Å². The molecule has 4 aromatic rings. The fourth-order valence-electron chi connectivity index (χ4n) is 4.88. The molecule has 0 aliphatic carbocycles. The summed E-state index contributed by atoms with van der Waals surface area (Å²) in [6.45, 7) is 3.63. The average Bonchev–Trinajstić information content (AvgIpc) is 2.97. The van der Waals surface area contributed by atoms with Crippen LogP contribution in [0.25, 0.3) is 10.9 Å². The minimum atomic E-state index is -0.318. The second-order valence-electron chi connectivity index (χ2n) is 10.3. The molecule has 0 unspecified atom stereocenters. The summed E-state index contributed by atoms with van der Waals surface area (Å²) in [7, 11) is 1.67. The molecule has 3 aromatic heterocycles. The molecule has 42 heavy (non-hydrogen) atoms. The van der Waals surface area contributed by atoms with Crippen molar-refractivity contribution in [1.82, 2.24) is 30.5 Å². The molecule has 1 aromatic carbocycles. The van der Waals surface area contributed by atoms with Crippen molar-refractivity contribution in [3.05, 3.63) is 100 Å². The van der Waals surface area contributed by atoms with Crippen LogP contribution < -0.4 is 26.4 Å². The van der Waals surface area contributed by atoms with E-state index in [1.165, 1.54) is 4.57 Å². The number of nitrogens with one attached hydrogen (secondary N) is 3. The molecule has 11 nitrogen and oxygen atoms in total. The zero-order valence-corrected chi connectivity index (χ0v) is 23.3. The van der Waals surface area contributed by atoms with Crippen molar-refractivity contribution in [2.24, 2.45) is 18.9 Å². The number of aryl methyl sites for hydroxylation is 1. The van der Waals surface area contributed by atoms with Gasteiger partial charge in [0, 0.05) is 76.5 Å². The van der Waals surface area contributed by atoms with Crippen LogP contribution in [0.4, 0.5) is 5.69 Å². The quantitative estimate of drug-likeness (QED) is 0.306. The number of carbonyl (C=O) groups excluding carboxylic acids is 2. The molecule has 2 amide bonds. The highest BCUT2D eigenvalue weighted by atomic mass is 16.2. The molecule has 0 atom stereocenters. The number of carbonyl (C=O) groups is 2. The van der Waals surface area contributed by atoms with Gasteiger partial charge in [-0.25, -0.2) is 0 Å². The number of rotatable bonds is 7. The fraction of sp³-hybridized carbons (Fsp3) is 0.290. The number of anilines is 1. The standard InChI is InChI=1S/C21H19N5O2.C10H13N3O/c1-25-18-5-3-2-4-16(18)19(17(10-22)21(25)28)26-12-15(13-26)20(27)24-11-14-6-8-23-9-7-14;14-10(9-6-12-7-9)13-5-8-1-3-11-4-2-8/h2-9,15H,11-13H2,1H3,(H,24,27);1-4,9,12H,5-7H2,(H,13,14). The number of hydrogen-bond donors (Lipinski definition) is 3. The maximum Gasteiger partial charge on any atom is 0.270 e. The molecule has 2 fully saturated rings. The van der Waals surface area contributed by atoms with Crippen LogP contribution in [0.2, 0.25) is 0 Å². The van der Waals surface area contributed by atoms with Crippen molar-refractivity contribution in [1.29, 1.82) is 5.26 Å². The first-order valence-corrected chi connectivity index (χ1v) is 13.8. The van der Waals surface area contributed by atoms with Crippen LogP contribution in [0.3, 0.4) is 0 Å². The Morgan fingerprint density at radius 1 is 0.905 bits per heavy atom. The number of benzene rings is 1. The summed E-state index contributed by atoms with van der Waals surface area (Å²) in [4.78, 5) is 46.3. The third kappa shape index (κ3) is 6.29. The van der Waals surface area contributed by atoms with Crippen LogP contribution in [-0.4, -0.2) is 52.5 Å². The third-order valence-electron chi connectivity index (χ3n) is 7.54. The highest BCUT2D eigenvalue weighted by molar-refractivity contribution is 5.96. The molecule has 0 spiro atoms. The lowest BCUT2D eigenvalue weighted by molar-refractivity contribution is -0.127. The van der Waals surface area contributed by atoms with Gasteiger partial charge in [0.25, 0.3) is 5.56 Å². The maximum atomic E-state index is 12.6. The number of nitriles is 1. The summed E-state index contributed by atoms with van der Waals surface area (Å²) >= 11 is 0. The van der Waals surface area contributed by atoms with Crippen LogP contribution in [0, 0.1) is 23.2 Å². The Labute approximate surface area is 243 Å². The van der Waals surface area contributed by atoms with Crippen LogP contribution in [0.1, 0.15) is 16.7 Å². The van der Waals surface area contributed by atoms with Gasteiger partial charge in [-0.05, 0) is 41.5 Å². The Balaban J connectivity index is 0.000000211. The van der Waals surface area contributed by atoms with Gasteiger partial charge in [-0.3, -0.25) is 24.4 Å². The second kappa shape index (κ2) is 13.1. The first kappa shape index (κ1) is 28.4. The van der Waals surface area contributed by atoms with E-state index in [2.05, 4.69) is 32.0 Å². The van der Waals surface area contributed by atoms with Crippen molar-refractivity contribution in [2.45, 2.75) is 13.1 Å². The Morgan fingerprint density at radius 2 is 1.45 bits per heavy atom. The average molecular weight is 565 g/mol. The van der Waals surface area contributed by atoms with Gasteiger partial charge in [-0.15, -0.1) is 0 Å². The summed E-state index contributed by atoms with van der Waals surface area (Å²) in [5, 5.41) is 19.3. The molecule has 0 saturated carbocycles. The molecule has 0 radical (unpaired) electrons. The van der Waals surface area contributed by atoms with Gasteiger partial charge in [-0.1, -0.05) is 18.2 Å². The van der Waals surface area contributed by atoms with Crippen molar-refractivity contribution in [2.75, 3.05) is 31.1 Å². The number of para-hydroxylation sites is 1. The third-order valence-corrected chi connectivity index (χ3v) is 7.54. The van der Waals surface area contributed by atoms with E-state index in [1.54, 1.807) is 31.8 Å². The Morgan fingerprint density at radius 3 is 1.98 bits per heavy atom. The van der Waals surface area contributed by atoms with Crippen molar-refractivity contribution in [3.63, 3.8) is 0 Å². The smallest absolute Gasteiger partial charge is 0.270 e. The van der Waals surface area contributed by atoms with Crippen LogP contribution in [-0.2, 0) is 29.7 Å². The Kier molecular flexibility index (Phi) is 8.84. The van der Waals surface area contributed by atoms with Crippen molar-refractivity contribution < 1.29 is 9.59 Å². The zero-order chi connectivity index (χ0) is 29.5. The topological polar surface area (TPSA) is 145 Å². The van der Waals surface area contributed by atoms with Gasteiger partial charge in [0.05, 0.1) is 23.0 Å². The van der Waals surface area contributed by atoms with Crippen molar-refractivity contribution in [3.8, 4) is 6.07 Å². The summed E-state index contributed by atoms with van der Waals surface area (Å²) in [6.07, 6.45) is 6.84. The molecule has 2 aliphatic rings. The van der Waals surface area contributed by atoms with Gasteiger partial charge in [0.1, 0.15) is 11.6 Å².